The van der Waals surface area contributed by atoms with Crippen molar-refractivity contribution in [1.29, 1.82) is 0 Å². The lowest BCUT2D eigenvalue weighted by Gasteiger charge is -2.32. The van der Waals surface area contributed by atoms with Gasteiger partial charge in [0.25, 0.3) is 0 Å². The fraction of sp³-hybridized carbons (Fsp3) is 0.333. The Morgan fingerprint density at radius 1 is 1.52 bits per heavy atom. The molecule has 1 aromatic heterocycles. The van der Waals surface area contributed by atoms with Gasteiger partial charge in [-0.2, -0.15) is 0 Å². The molecule has 4 nitrogen and oxygen atoms in total. The number of benzene rings is 1. The maximum absolute atomic E-state index is 11.6. The van der Waals surface area contributed by atoms with E-state index in [1.54, 1.807) is 6.92 Å². The van der Waals surface area contributed by atoms with E-state index in [-0.39, 0.29) is 5.91 Å². The number of para-hydroxylation sites is 1. The van der Waals surface area contributed by atoms with E-state index in [1.165, 1.54) is 18.7 Å². The van der Waals surface area contributed by atoms with Crippen LogP contribution >= 0.6 is 50.3 Å². The quantitative estimate of drug-likeness (QED) is 0.348. The van der Waals surface area contributed by atoms with Gasteiger partial charge < -0.3 is 10.1 Å². The second kappa shape index (κ2) is 8.60. The highest BCUT2D eigenvalue weighted by atomic mass is 127. The van der Waals surface area contributed by atoms with E-state index >= 15 is 0 Å². The Morgan fingerprint density at radius 3 is 2.84 bits per heavy atom. The smallest absolute Gasteiger partial charge is 0.228 e. The van der Waals surface area contributed by atoms with E-state index < -0.39 is 11.0 Å². The van der Waals surface area contributed by atoms with E-state index in [4.69, 9.17) is 4.74 Å². The zero-order valence-corrected chi connectivity index (χ0v) is 18.9. The highest BCUT2D eigenvalue weighted by Crippen LogP contribution is 2.32. The van der Waals surface area contributed by atoms with Crippen molar-refractivity contribution in [3.05, 3.63) is 32.3 Å². The largest absolute Gasteiger partial charge is 0.459 e. The molecule has 0 aliphatic heterocycles. The molecule has 2 unspecified atom stereocenters. The van der Waals surface area contributed by atoms with Crippen LogP contribution in [-0.2, 0) is 4.79 Å². The van der Waals surface area contributed by atoms with Crippen LogP contribution in [0, 0.1) is 15.4 Å². The summed E-state index contributed by atoms with van der Waals surface area (Å²) in [6.45, 7) is 5.07. The number of fused-ring (bicyclic) bond motifs is 1. The second-order valence-corrected chi connectivity index (χ2v) is 8.45. The summed E-state index contributed by atoms with van der Waals surface area (Å²) < 4.78 is 7.99. The number of thioether (sulfide) groups is 1. The van der Waals surface area contributed by atoms with E-state index in [0.29, 0.717) is 5.88 Å². The monoisotopic (exact) mass is 532 g/mol. The zero-order valence-electron chi connectivity index (χ0n) is 14.3. The summed E-state index contributed by atoms with van der Waals surface area (Å²) in [5, 5.41) is 3.93. The molecule has 2 atom stereocenters. The summed E-state index contributed by atoms with van der Waals surface area (Å²) in [4.78, 5) is 16.3. The third-order valence-corrected chi connectivity index (χ3v) is 5.85. The minimum atomic E-state index is -0.826. The number of pyridine rings is 1. The average molecular weight is 533 g/mol. The SMILES string of the molecule is CC#CC(C)(NC(C)=O)C(Oc1nc2c(Br)cccc2cc1I)SC. The van der Waals surface area contributed by atoms with Crippen LogP contribution < -0.4 is 10.1 Å². The molecule has 0 saturated heterocycles. The Hall–Kier alpha value is -0.980. The van der Waals surface area contributed by atoms with Crippen molar-refractivity contribution < 1.29 is 9.53 Å². The predicted molar refractivity (Wildman–Crippen MR) is 116 cm³/mol. The highest BCUT2D eigenvalue weighted by Gasteiger charge is 2.36. The van der Waals surface area contributed by atoms with Crippen molar-refractivity contribution in [2.24, 2.45) is 0 Å². The number of carbonyl (C=O) groups excluding carboxylic acids is 1. The van der Waals surface area contributed by atoms with Crippen LogP contribution in [0.15, 0.2) is 28.7 Å². The molecule has 1 amide bonds. The topological polar surface area (TPSA) is 51.2 Å². The molecule has 132 valence electrons. The van der Waals surface area contributed by atoms with Crippen molar-refractivity contribution in [1.82, 2.24) is 10.3 Å². The normalized spacial score (nSPS) is 14.2. The summed E-state index contributed by atoms with van der Waals surface area (Å²) in [6.07, 6.45) is 1.92. The lowest BCUT2D eigenvalue weighted by Crippen LogP contribution is -2.53. The lowest BCUT2D eigenvalue weighted by atomic mass is 10.0. The molecule has 0 spiro atoms. The van der Waals surface area contributed by atoms with Gasteiger partial charge >= 0.3 is 0 Å². The molecule has 0 aliphatic rings. The van der Waals surface area contributed by atoms with Crippen LogP contribution in [0.25, 0.3) is 10.9 Å². The summed E-state index contributed by atoms with van der Waals surface area (Å²) in [5.41, 5.74) is -0.404. The van der Waals surface area contributed by atoms with Crippen molar-refractivity contribution in [3.63, 3.8) is 0 Å². The molecule has 0 aliphatic carbocycles. The molecule has 0 saturated carbocycles. The molecule has 1 heterocycles. The molecule has 0 radical (unpaired) electrons. The summed E-state index contributed by atoms with van der Waals surface area (Å²) in [5.74, 6) is 6.31. The Morgan fingerprint density at radius 2 is 2.24 bits per heavy atom. The molecule has 1 N–H and O–H groups in total. The van der Waals surface area contributed by atoms with Gasteiger partial charge in [-0.15, -0.1) is 17.7 Å². The molecule has 2 rings (SSSR count). The lowest BCUT2D eigenvalue weighted by molar-refractivity contribution is -0.120. The minimum absolute atomic E-state index is 0.156. The summed E-state index contributed by atoms with van der Waals surface area (Å²) in [6, 6.07) is 7.96. The molecule has 0 bridgehead atoms. The molecule has 7 heteroatoms. The van der Waals surface area contributed by atoms with Gasteiger partial charge in [-0.05, 0) is 70.8 Å². The number of ether oxygens (including phenoxy) is 1. The Bertz CT molecular complexity index is 865. The van der Waals surface area contributed by atoms with Crippen LogP contribution in [0.3, 0.4) is 0 Å². The number of rotatable bonds is 5. The number of nitrogens with zero attached hydrogens (tertiary/aromatic N) is 1. The fourth-order valence-corrected chi connectivity index (χ4v) is 4.31. The number of hydrogen-bond donors (Lipinski definition) is 1. The molecular formula is C18H18BrIN2O2S. The number of hydrogen-bond acceptors (Lipinski definition) is 4. The maximum Gasteiger partial charge on any atom is 0.228 e. The van der Waals surface area contributed by atoms with Gasteiger partial charge in [-0.1, -0.05) is 18.1 Å². The van der Waals surface area contributed by atoms with E-state index in [9.17, 15) is 4.79 Å². The summed E-state index contributed by atoms with van der Waals surface area (Å²) >= 11 is 7.22. The Kier molecular flexibility index (Phi) is 7.00. The van der Waals surface area contributed by atoms with Crippen molar-refractivity contribution in [2.75, 3.05) is 6.26 Å². The molecular weight excluding hydrogens is 515 g/mol. The third-order valence-electron chi connectivity index (χ3n) is 3.44. The van der Waals surface area contributed by atoms with E-state index in [1.807, 2.05) is 37.4 Å². The van der Waals surface area contributed by atoms with Crippen LogP contribution in [0.5, 0.6) is 5.88 Å². The number of aromatic nitrogens is 1. The molecule has 2 aromatic rings. The minimum Gasteiger partial charge on any atom is -0.459 e. The average Bonchev–Trinajstić information content (AvgIpc) is 2.52. The molecule has 25 heavy (non-hydrogen) atoms. The first-order chi connectivity index (χ1) is 11.8. The van der Waals surface area contributed by atoms with Gasteiger partial charge in [-0.3, -0.25) is 4.79 Å². The van der Waals surface area contributed by atoms with E-state index in [0.717, 1.165) is 18.9 Å². The molecule has 0 fully saturated rings. The van der Waals surface area contributed by atoms with Crippen LogP contribution in [0.2, 0.25) is 0 Å². The number of carbonyl (C=O) groups is 1. The van der Waals surface area contributed by atoms with Gasteiger partial charge in [0.05, 0.1) is 9.09 Å². The first kappa shape index (κ1) is 20.3. The van der Waals surface area contributed by atoms with Crippen molar-refractivity contribution >= 4 is 67.1 Å². The second-order valence-electron chi connectivity index (χ2n) is 5.53. The standard InChI is InChI=1S/C18H18BrIN2O2S/c1-5-9-18(3,22-11(2)23)17(25-4)24-16-14(20)10-12-7-6-8-13(19)15(12)21-16/h6-8,10,17H,1-4H3,(H,22,23). The van der Waals surface area contributed by atoms with Gasteiger partial charge in [-0.25, -0.2) is 4.98 Å². The summed E-state index contributed by atoms with van der Waals surface area (Å²) in [7, 11) is 0. The van der Waals surface area contributed by atoms with Crippen molar-refractivity contribution in [3.8, 4) is 17.7 Å². The van der Waals surface area contributed by atoms with Gasteiger partial charge in [0.15, 0.2) is 5.44 Å². The van der Waals surface area contributed by atoms with Crippen molar-refractivity contribution in [2.45, 2.75) is 31.7 Å². The first-order valence-electron chi connectivity index (χ1n) is 7.47. The first-order valence-corrected chi connectivity index (χ1v) is 10.6. The third kappa shape index (κ3) is 4.80. The zero-order chi connectivity index (χ0) is 18.6. The van der Waals surface area contributed by atoms with Gasteiger partial charge in [0.2, 0.25) is 11.8 Å². The maximum atomic E-state index is 11.6. The van der Waals surface area contributed by atoms with Crippen LogP contribution in [0.4, 0.5) is 0 Å². The number of amides is 1. The van der Waals surface area contributed by atoms with Gasteiger partial charge in [0, 0.05) is 16.8 Å². The highest BCUT2D eigenvalue weighted by molar-refractivity contribution is 14.1. The van der Waals surface area contributed by atoms with E-state index in [2.05, 4.69) is 60.7 Å². The van der Waals surface area contributed by atoms with Crippen LogP contribution in [0.1, 0.15) is 20.8 Å². The van der Waals surface area contributed by atoms with Crippen LogP contribution in [-0.4, -0.2) is 28.1 Å². The number of nitrogens with one attached hydrogen (secondary N) is 1. The Labute approximate surface area is 174 Å². The van der Waals surface area contributed by atoms with Gasteiger partial charge in [0.1, 0.15) is 5.54 Å². The number of halogens is 2. The molecule has 1 aromatic carbocycles. The Balaban J connectivity index is 2.45. The fourth-order valence-electron chi connectivity index (χ4n) is 2.48. The predicted octanol–water partition coefficient (Wildman–Crippen LogP) is 4.59.